The molecule has 18 heavy (non-hydrogen) atoms. The molecule has 0 atom stereocenters. The zero-order valence-electron chi connectivity index (χ0n) is 10.5. The second-order valence-corrected chi connectivity index (χ2v) is 5.40. The fraction of sp³-hybridized carbons (Fsp3) is 0.417. The molecule has 0 amide bonds. The highest BCUT2D eigenvalue weighted by atomic mass is 32.2. The number of aromatic nitrogens is 3. The molecular formula is C12H15N3O2S. The normalized spacial score (nSPS) is 11.3. The predicted molar refractivity (Wildman–Crippen MR) is 71.0 cm³/mol. The molecule has 0 aliphatic heterocycles. The molecule has 0 radical (unpaired) electrons. The van der Waals surface area contributed by atoms with Crippen molar-refractivity contribution in [3.63, 3.8) is 0 Å². The molecule has 0 aliphatic rings. The zero-order valence-corrected chi connectivity index (χ0v) is 11.4. The van der Waals surface area contributed by atoms with Crippen molar-refractivity contribution in [3.8, 4) is 0 Å². The number of carboxylic acid groups (broad SMARTS) is 1. The number of rotatable bonds is 4. The second-order valence-electron chi connectivity index (χ2n) is 4.40. The molecule has 0 fully saturated rings. The molecule has 5 nitrogen and oxygen atoms in total. The Balaban J connectivity index is 2.38. The second kappa shape index (κ2) is 4.97. The largest absolute Gasteiger partial charge is 0.481 e. The number of carbonyl (C=O) groups is 1. The van der Waals surface area contributed by atoms with Crippen LogP contribution in [0.1, 0.15) is 25.5 Å². The number of aliphatic carboxylic acids is 1. The topological polar surface area (TPSA) is 68.0 Å². The van der Waals surface area contributed by atoms with Gasteiger partial charge in [0, 0.05) is 17.6 Å². The van der Waals surface area contributed by atoms with E-state index in [9.17, 15) is 4.79 Å². The van der Waals surface area contributed by atoms with Crippen molar-refractivity contribution in [2.24, 2.45) is 0 Å². The molecule has 0 bridgehead atoms. The summed E-state index contributed by atoms with van der Waals surface area (Å²) in [6.45, 7) is 6.10. The van der Waals surface area contributed by atoms with E-state index in [-0.39, 0.29) is 11.8 Å². The monoisotopic (exact) mass is 265 g/mol. The number of hydrogen-bond donors (Lipinski definition) is 1. The molecule has 2 aromatic rings. The third-order valence-corrected chi connectivity index (χ3v) is 3.46. The van der Waals surface area contributed by atoms with E-state index >= 15 is 0 Å². The van der Waals surface area contributed by atoms with Crippen LogP contribution < -0.4 is 0 Å². The average Bonchev–Trinajstić information content (AvgIpc) is 2.71. The fourth-order valence-electron chi connectivity index (χ4n) is 1.62. The lowest BCUT2D eigenvalue weighted by molar-refractivity contribution is -0.133. The van der Waals surface area contributed by atoms with Crippen molar-refractivity contribution in [2.45, 2.75) is 31.8 Å². The van der Waals surface area contributed by atoms with Crippen LogP contribution in [-0.2, 0) is 4.79 Å². The van der Waals surface area contributed by atoms with E-state index in [0.29, 0.717) is 10.7 Å². The molecule has 0 unspecified atom stereocenters. The summed E-state index contributed by atoms with van der Waals surface area (Å²) >= 11 is 1.22. The smallest absolute Gasteiger partial charge is 0.313 e. The van der Waals surface area contributed by atoms with Crippen LogP contribution in [-0.4, -0.2) is 31.6 Å². The van der Waals surface area contributed by atoms with Crippen molar-refractivity contribution >= 4 is 28.8 Å². The lowest BCUT2D eigenvalue weighted by Crippen LogP contribution is -2.00. The maximum atomic E-state index is 10.5. The fourth-order valence-corrected chi connectivity index (χ4v) is 2.30. The molecule has 0 aromatic carbocycles. The van der Waals surface area contributed by atoms with E-state index < -0.39 is 5.97 Å². The van der Waals surface area contributed by atoms with Gasteiger partial charge >= 0.3 is 5.97 Å². The van der Waals surface area contributed by atoms with Crippen LogP contribution in [0.3, 0.4) is 0 Å². The van der Waals surface area contributed by atoms with Crippen LogP contribution in [0, 0.1) is 6.92 Å². The minimum Gasteiger partial charge on any atom is -0.481 e. The Kier molecular flexibility index (Phi) is 3.56. The number of carboxylic acids is 1. The third kappa shape index (κ3) is 2.64. The number of hydrogen-bond acceptors (Lipinski definition) is 4. The van der Waals surface area contributed by atoms with Crippen LogP contribution in [0.15, 0.2) is 17.3 Å². The first kappa shape index (κ1) is 12.9. The Labute approximate surface area is 109 Å². The Morgan fingerprint density at radius 1 is 1.56 bits per heavy atom. The molecule has 0 spiro atoms. The standard InChI is InChI=1S/C12H15N3O2S/c1-7(2)15-5-9-8(3)4-10(13-12(9)14-15)18-6-11(16)17/h4-5,7H,6H2,1-3H3,(H,16,17). The SMILES string of the molecule is Cc1cc(SCC(=O)O)nc2nn(C(C)C)cc12. The molecule has 0 saturated carbocycles. The first-order valence-corrected chi connectivity index (χ1v) is 6.67. The van der Waals surface area contributed by atoms with E-state index in [4.69, 9.17) is 5.11 Å². The van der Waals surface area contributed by atoms with Gasteiger partial charge in [0.25, 0.3) is 0 Å². The van der Waals surface area contributed by atoms with Gasteiger partial charge < -0.3 is 5.11 Å². The molecule has 0 saturated heterocycles. The lowest BCUT2D eigenvalue weighted by Gasteiger charge is -2.01. The maximum Gasteiger partial charge on any atom is 0.313 e. The predicted octanol–water partition coefficient (Wildman–Crippen LogP) is 2.50. The molecule has 6 heteroatoms. The lowest BCUT2D eigenvalue weighted by atomic mass is 10.2. The van der Waals surface area contributed by atoms with Crippen molar-refractivity contribution in [3.05, 3.63) is 17.8 Å². The van der Waals surface area contributed by atoms with E-state index in [0.717, 1.165) is 10.9 Å². The summed E-state index contributed by atoms with van der Waals surface area (Å²) in [6, 6.07) is 2.19. The van der Waals surface area contributed by atoms with Gasteiger partial charge in [0.15, 0.2) is 5.65 Å². The highest BCUT2D eigenvalue weighted by molar-refractivity contribution is 7.99. The van der Waals surface area contributed by atoms with E-state index in [1.54, 1.807) is 0 Å². The Bertz CT molecular complexity index is 592. The molecule has 2 aromatic heterocycles. The van der Waals surface area contributed by atoms with Gasteiger partial charge in [0.1, 0.15) is 0 Å². The van der Waals surface area contributed by atoms with Gasteiger partial charge in [-0.2, -0.15) is 5.10 Å². The first-order chi connectivity index (χ1) is 8.47. The summed E-state index contributed by atoms with van der Waals surface area (Å²) in [5.74, 6) is -0.824. The molecule has 0 aliphatic carbocycles. The molecule has 2 heterocycles. The molecular weight excluding hydrogens is 250 g/mol. The number of nitrogens with zero attached hydrogens (tertiary/aromatic N) is 3. The van der Waals surface area contributed by atoms with Gasteiger partial charge in [-0.25, -0.2) is 4.98 Å². The first-order valence-electron chi connectivity index (χ1n) is 5.68. The van der Waals surface area contributed by atoms with Crippen LogP contribution in [0.2, 0.25) is 0 Å². The minimum atomic E-state index is -0.841. The van der Waals surface area contributed by atoms with E-state index in [1.807, 2.05) is 23.9 Å². The Morgan fingerprint density at radius 3 is 2.89 bits per heavy atom. The van der Waals surface area contributed by atoms with Crippen LogP contribution in [0.5, 0.6) is 0 Å². The van der Waals surface area contributed by atoms with Crippen LogP contribution in [0.4, 0.5) is 0 Å². The van der Waals surface area contributed by atoms with Crippen LogP contribution in [0.25, 0.3) is 11.0 Å². The zero-order chi connectivity index (χ0) is 13.3. The summed E-state index contributed by atoms with van der Waals surface area (Å²) in [5, 5.41) is 14.8. The van der Waals surface area contributed by atoms with Gasteiger partial charge in [-0.3, -0.25) is 9.48 Å². The maximum absolute atomic E-state index is 10.5. The summed E-state index contributed by atoms with van der Waals surface area (Å²) in [5.41, 5.74) is 1.75. The van der Waals surface area contributed by atoms with E-state index in [1.165, 1.54) is 11.8 Å². The summed E-state index contributed by atoms with van der Waals surface area (Å²) in [6.07, 6.45) is 1.98. The number of pyridine rings is 1. The minimum absolute atomic E-state index is 0.0167. The summed E-state index contributed by atoms with van der Waals surface area (Å²) < 4.78 is 1.87. The molecule has 96 valence electrons. The van der Waals surface area contributed by atoms with Crippen molar-refractivity contribution in [2.75, 3.05) is 5.75 Å². The summed E-state index contributed by atoms with van der Waals surface area (Å²) in [7, 11) is 0. The Morgan fingerprint density at radius 2 is 2.28 bits per heavy atom. The van der Waals surface area contributed by atoms with Crippen molar-refractivity contribution in [1.29, 1.82) is 0 Å². The number of aryl methyl sites for hydroxylation is 1. The summed E-state index contributed by atoms with van der Waals surface area (Å²) in [4.78, 5) is 14.9. The van der Waals surface area contributed by atoms with E-state index in [2.05, 4.69) is 23.9 Å². The van der Waals surface area contributed by atoms with Gasteiger partial charge in [0.2, 0.25) is 0 Å². The highest BCUT2D eigenvalue weighted by Gasteiger charge is 2.10. The van der Waals surface area contributed by atoms with Gasteiger partial charge in [-0.1, -0.05) is 11.8 Å². The van der Waals surface area contributed by atoms with Gasteiger partial charge in [-0.15, -0.1) is 0 Å². The van der Waals surface area contributed by atoms with Crippen molar-refractivity contribution in [1.82, 2.24) is 14.8 Å². The van der Waals surface area contributed by atoms with Crippen LogP contribution >= 0.6 is 11.8 Å². The Hall–Kier alpha value is -1.56. The average molecular weight is 265 g/mol. The number of fused-ring (bicyclic) bond motifs is 1. The molecule has 1 N–H and O–H groups in total. The third-order valence-electron chi connectivity index (χ3n) is 2.57. The quantitative estimate of drug-likeness (QED) is 0.860. The number of thioether (sulfide) groups is 1. The van der Waals surface area contributed by atoms with Crippen molar-refractivity contribution < 1.29 is 9.90 Å². The molecule has 2 rings (SSSR count). The van der Waals surface area contributed by atoms with Gasteiger partial charge in [-0.05, 0) is 32.4 Å². The van der Waals surface area contributed by atoms with Gasteiger partial charge in [0.05, 0.1) is 10.8 Å². The highest BCUT2D eigenvalue weighted by Crippen LogP contribution is 2.23.